The average Bonchev–Trinajstić information content (AvgIpc) is 2.83. The van der Waals surface area contributed by atoms with Crippen LogP contribution in [0.5, 0.6) is 0 Å². The van der Waals surface area contributed by atoms with E-state index in [9.17, 15) is 4.39 Å². The Morgan fingerprint density at radius 1 is 1.32 bits per heavy atom. The van der Waals surface area contributed by atoms with Crippen LogP contribution in [0.15, 0.2) is 18.2 Å². The van der Waals surface area contributed by atoms with Crippen LogP contribution in [0.4, 0.5) is 10.1 Å². The standard InChI is InChI=1S/C15H18FN3/c16-13-6-10(7-17)4-5-15(13)19-8-11-2-1-3-14(18)12(11)9-19/h4-6,11-12,14H,1-3,8-9,18H2. The summed E-state index contributed by atoms with van der Waals surface area (Å²) in [6.07, 6.45) is 3.48. The maximum absolute atomic E-state index is 14.0. The number of rotatable bonds is 1. The lowest BCUT2D eigenvalue weighted by atomic mass is 9.78. The van der Waals surface area contributed by atoms with Gasteiger partial charge in [-0.25, -0.2) is 4.39 Å². The van der Waals surface area contributed by atoms with Gasteiger partial charge in [0.05, 0.1) is 17.3 Å². The summed E-state index contributed by atoms with van der Waals surface area (Å²) in [4.78, 5) is 2.09. The van der Waals surface area contributed by atoms with Gasteiger partial charge in [0.2, 0.25) is 0 Å². The second kappa shape index (κ2) is 4.82. The third kappa shape index (κ3) is 2.19. The zero-order chi connectivity index (χ0) is 13.4. The molecule has 1 saturated carbocycles. The van der Waals surface area contributed by atoms with Crippen LogP contribution >= 0.6 is 0 Å². The van der Waals surface area contributed by atoms with E-state index in [-0.39, 0.29) is 11.9 Å². The van der Waals surface area contributed by atoms with Crippen molar-refractivity contribution < 1.29 is 4.39 Å². The molecule has 2 aliphatic rings. The lowest BCUT2D eigenvalue weighted by Crippen LogP contribution is -2.38. The molecule has 3 nitrogen and oxygen atoms in total. The number of hydrogen-bond acceptors (Lipinski definition) is 3. The minimum Gasteiger partial charge on any atom is -0.369 e. The molecule has 1 aromatic rings. The number of halogens is 1. The van der Waals surface area contributed by atoms with Gasteiger partial charge in [-0.2, -0.15) is 5.26 Å². The van der Waals surface area contributed by atoms with Crippen LogP contribution in [0.1, 0.15) is 24.8 Å². The summed E-state index contributed by atoms with van der Waals surface area (Å²) in [5.41, 5.74) is 7.16. The Hall–Kier alpha value is -1.60. The molecular weight excluding hydrogens is 241 g/mol. The first kappa shape index (κ1) is 12.4. The van der Waals surface area contributed by atoms with Gasteiger partial charge in [-0.3, -0.25) is 0 Å². The highest BCUT2D eigenvalue weighted by atomic mass is 19.1. The molecule has 0 radical (unpaired) electrons. The summed E-state index contributed by atoms with van der Waals surface area (Å²) in [5.74, 6) is 0.786. The van der Waals surface area contributed by atoms with Crippen molar-refractivity contribution in [2.24, 2.45) is 17.6 Å². The molecule has 1 heterocycles. The molecule has 1 saturated heterocycles. The number of hydrogen-bond donors (Lipinski definition) is 1. The second-order valence-corrected chi connectivity index (χ2v) is 5.70. The summed E-state index contributed by atoms with van der Waals surface area (Å²) in [5, 5.41) is 8.77. The van der Waals surface area contributed by atoms with Crippen LogP contribution in [0.3, 0.4) is 0 Å². The molecule has 0 aromatic heterocycles. The molecule has 1 aliphatic heterocycles. The lowest BCUT2D eigenvalue weighted by molar-refractivity contribution is 0.260. The Morgan fingerprint density at radius 3 is 2.84 bits per heavy atom. The molecule has 4 heteroatoms. The molecule has 0 amide bonds. The zero-order valence-electron chi connectivity index (χ0n) is 10.8. The number of nitriles is 1. The summed E-state index contributed by atoms with van der Waals surface area (Å²) in [6, 6.07) is 6.94. The van der Waals surface area contributed by atoms with Crippen LogP contribution in [0.25, 0.3) is 0 Å². The molecule has 19 heavy (non-hydrogen) atoms. The van der Waals surface area contributed by atoms with Crippen LogP contribution in [0.2, 0.25) is 0 Å². The maximum atomic E-state index is 14.0. The first-order chi connectivity index (χ1) is 9.19. The smallest absolute Gasteiger partial charge is 0.147 e. The molecule has 0 spiro atoms. The summed E-state index contributed by atoms with van der Waals surface area (Å²) in [7, 11) is 0. The van der Waals surface area contributed by atoms with Crippen molar-refractivity contribution in [2.75, 3.05) is 18.0 Å². The van der Waals surface area contributed by atoms with E-state index >= 15 is 0 Å². The van der Waals surface area contributed by atoms with E-state index in [1.807, 2.05) is 6.07 Å². The fraction of sp³-hybridized carbons (Fsp3) is 0.533. The highest BCUT2D eigenvalue weighted by molar-refractivity contribution is 5.52. The minimum atomic E-state index is -0.300. The van der Waals surface area contributed by atoms with E-state index in [1.54, 1.807) is 12.1 Å². The van der Waals surface area contributed by atoms with Gasteiger partial charge in [-0.1, -0.05) is 6.42 Å². The molecule has 3 atom stereocenters. The van der Waals surface area contributed by atoms with Gasteiger partial charge in [0, 0.05) is 19.1 Å². The van der Waals surface area contributed by atoms with Crippen molar-refractivity contribution in [1.82, 2.24) is 0 Å². The number of nitrogens with zero attached hydrogens (tertiary/aromatic N) is 2. The number of fused-ring (bicyclic) bond motifs is 1. The molecule has 2 fully saturated rings. The number of benzene rings is 1. The van der Waals surface area contributed by atoms with Gasteiger partial charge >= 0.3 is 0 Å². The first-order valence-electron chi connectivity index (χ1n) is 6.89. The minimum absolute atomic E-state index is 0.255. The molecule has 1 aliphatic carbocycles. The third-order valence-electron chi connectivity index (χ3n) is 4.57. The molecule has 1 aromatic carbocycles. The van der Waals surface area contributed by atoms with Crippen LogP contribution in [-0.2, 0) is 0 Å². The van der Waals surface area contributed by atoms with Crippen molar-refractivity contribution >= 4 is 5.69 Å². The van der Waals surface area contributed by atoms with E-state index < -0.39 is 0 Å². The SMILES string of the molecule is N#Cc1ccc(N2CC3CCCC(N)C3C2)c(F)c1. The molecule has 3 unspecified atom stereocenters. The van der Waals surface area contributed by atoms with Crippen molar-refractivity contribution in [3.63, 3.8) is 0 Å². The van der Waals surface area contributed by atoms with Gasteiger partial charge in [-0.15, -0.1) is 0 Å². The predicted molar refractivity (Wildman–Crippen MR) is 72.1 cm³/mol. The van der Waals surface area contributed by atoms with E-state index in [2.05, 4.69) is 4.90 Å². The monoisotopic (exact) mass is 259 g/mol. The molecule has 2 N–H and O–H groups in total. The second-order valence-electron chi connectivity index (χ2n) is 5.70. The van der Waals surface area contributed by atoms with Crippen LogP contribution < -0.4 is 10.6 Å². The van der Waals surface area contributed by atoms with E-state index in [0.29, 0.717) is 23.1 Å². The first-order valence-corrected chi connectivity index (χ1v) is 6.89. The molecular formula is C15H18FN3. The van der Waals surface area contributed by atoms with Gasteiger partial charge in [-0.05, 0) is 42.9 Å². The Labute approximate surface area is 112 Å². The number of nitrogens with two attached hydrogens (primary N) is 1. The van der Waals surface area contributed by atoms with Gasteiger partial charge in [0.15, 0.2) is 0 Å². The van der Waals surface area contributed by atoms with Crippen LogP contribution in [-0.4, -0.2) is 19.1 Å². The van der Waals surface area contributed by atoms with Crippen molar-refractivity contribution in [2.45, 2.75) is 25.3 Å². The summed E-state index contributed by atoms with van der Waals surface area (Å²) in [6.45, 7) is 1.73. The van der Waals surface area contributed by atoms with Crippen molar-refractivity contribution in [3.8, 4) is 6.07 Å². The third-order valence-corrected chi connectivity index (χ3v) is 4.57. The summed E-state index contributed by atoms with van der Waals surface area (Å²) < 4.78 is 14.0. The zero-order valence-corrected chi connectivity index (χ0v) is 10.8. The Morgan fingerprint density at radius 2 is 2.16 bits per heavy atom. The highest BCUT2D eigenvalue weighted by Gasteiger charge is 2.39. The topological polar surface area (TPSA) is 53.0 Å². The van der Waals surface area contributed by atoms with Crippen LogP contribution in [0, 0.1) is 29.0 Å². The fourth-order valence-electron chi connectivity index (χ4n) is 3.55. The normalized spacial score (nSPS) is 29.9. The Kier molecular flexibility index (Phi) is 3.16. The van der Waals surface area contributed by atoms with E-state index in [1.165, 1.54) is 18.9 Å². The van der Waals surface area contributed by atoms with E-state index in [0.717, 1.165) is 19.5 Å². The number of anilines is 1. The average molecular weight is 259 g/mol. The fourth-order valence-corrected chi connectivity index (χ4v) is 3.55. The Balaban J connectivity index is 1.83. The Bertz CT molecular complexity index is 523. The predicted octanol–water partition coefficient (Wildman–Crippen LogP) is 2.26. The maximum Gasteiger partial charge on any atom is 0.147 e. The van der Waals surface area contributed by atoms with Crippen molar-refractivity contribution in [3.05, 3.63) is 29.6 Å². The van der Waals surface area contributed by atoms with Gasteiger partial charge in [0.1, 0.15) is 5.82 Å². The van der Waals surface area contributed by atoms with Gasteiger partial charge in [0.25, 0.3) is 0 Å². The quantitative estimate of drug-likeness (QED) is 0.841. The largest absolute Gasteiger partial charge is 0.369 e. The lowest BCUT2D eigenvalue weighted by Gasteiger charge is -2.29. The highest BCUT2D eigenvalue weighted by Crippen LogP contribution is 2.38. The molecule has 100 valence electrons. The molecule has 0 bridgehead atoms. The van der Waals surface area contributed by atoms with Gasteiger partial charge < -0.3 is 10.6 Å². The van der Waals surface area contributed by atoms with E-state index in [4.69, 9.17) is 11.0 Å². The van der Waals surface area contributed by atoms with Crippen molar-refractivity contribution in [1.29, 1.82) is 5.26 Å². The summed E-state index contributed by atoms with van der Waals surface area (Å²) >= 11 is 0. The molecule has 3 rings (SSSR count).